The van der Waals surface area contributed by atoms with Crippen LogP contribution < -0.4 is 5.32 Å². The minimum atomic E-state index is -0.142. The van der Waals surface area contributed by atoms with Crippen molar-refractivity contribution in [1.29, 1.82) is 0 Å². The van der Waals surface area contributed by atoms with Crippen molar-refractivity contribution in [1.82, 2.24) is 10.2 Å². The average molecular weight is 311 g/mol. The minimum Gasteiger partial charge on any atom is -0.311 e. The molecule has 21 heavy (non-hydrogen) atoms. The van der Waals surface area contributed by atoms with E-state index < -0.39 is 0 Å². The highest BCUT2D eigenvalue weighted by molar-refractivity contribution is 6.30. The molecule has 1 spiro atoms. The summed E-state index contributed by atoms with van der Waals surface area (Å²) in [6.45, 7) is 4.87. The molecule has 1 aromatic rings. The van der Waals surface area contributed by atoms with Crippen LogP contribution >= 0.6 is 11.6 Å². The van der Waals surface area contributed by atoms with Crippen LogP contribution in [0.25, 0.3) is 0 Å². The predicted octanol–water partition coefficient (Wildman–Crippen LogP) is 3.98. The van der Waals surface area contributed by atoms with E-state index in [1.807, 2.05) is 0 Å². The van der Waals surface area contributed by atoms with Crippen molar-refractivity contribution in [3.05, 3.63) is 34.6 Å². The molecule has 1 heterocycles. The molecule has 1 aliphatic carbocycles. The van der Waals surface area contributed by atoms with Gasteiger partial charge in [0, 0.05) is 41.8 Å². The summed E-state index contributed by atoms with van der Waals surface area (Å²) in [6, 6.07) is 5.34. The minimum absolute atomic E-state index is 0.142. The Balaban J connectivity index is 1.84. The molecule has 3 rings (SSSR count). The lowest BCUT2D eigenvalue weighted by atomic mass is 9.78. The van der Waals surface area contributed by atoms with Crippen LogP contribution in [0.5, 0.6) is 0 Å². The first-order valence-corrected chi connectivity index (χ1v) is 8.39. The van der Waals surface area contributed by atoms with Crippen LogP contribution in [-0.2, 0) is 6.54 Å². The molecule has 4 heteroatoms. The van der Waals surface area contributed by atoms with Crippen LogP contribution in [0.2, 0.25) is 5.02 Å². The molecule has 0 amide bonds. The van der Waals surface area contributed by atoms with Gasteiger partial charge >= 0.3 is 0 Å². The molecule has 0 aromatic heterocycles. The van der Waals surface area contributed by atoms with E-state index in [-0.39, 0.29) is 11.4 Å². The fourth-order valence-corrected chi connectivity index (χ4v) is 4.06. The van der Waals surface area contributed by atoms with Crippen LogP contribution in [-0.4, -0.2) is 29.6 Å². The first-order chi connectivity index (χ1) is 10.1. The summed E-state index contributed by atoms with van der Waals surface area (Å²) >= 11 is 6.04. The van der Waals surface area contributed by atoms with Crippen LogP contribution in [0.3, 0.4) is 0 Å². The lowest BCUT2D eigenvalue weighted by molar-refractivity contribution is 0.00548. The Morgan fingerprint density at radius 2 is 2.10 bits per heavy atom. The summed E-state index contributed by atoms with van der Waals surface area (Å²) in [6.07, 6.45) is 6.33. The molecule has 1 N–H and O–H groups in total. The van der Waals surface area contributed by atoms with Crippen molar-refractivity contribution in [2.24, 2.45) is 0 Å². The first-order valence-electron chi connectivity index (χ1n) is 8.01. The van der Waals surface area contributed by atoms with Gasteiger partial charge in [-0.2, -0.15) is 0 Å². The Labute approximate surface area is 131 Å². The Hall–Kier alpha value is -0.640. The number of nitrogens with one attached hydrogen (secondary N) is 1. The molecule has 0 bridgehead atoms. The molecule has 1 atom stereocenters. The molecule has 1 aromatic carbocycles. The van der Waals surface area contributed by atoms with Gasteiger partial charge < -0.3 is 5.32 Å². The van der Waals surface area contributed by atoms with Crippen LogP contribution in [0.15, 0.2) is 18.2 Å². The monoisotopic (exact) mass is 310 g/mol. The SMILES string of the molecule is CC1CN(Cc2cc(Cl)ccc2F)C2(CCCCC2)CN1. The normalized spacial score (nSPS) is 26.1. The summed E-state index contributed by atoms with van der Waals surface area (Å²) in [7, 11) is 0. The second-order valence-electron chi connectivity index (χ2n) is 6.68. The van der Waals surface area contributed by atoms with Crippen molar-refractivity contribution >= 4 is 11.6 Å². The summed E-state index contributed by atoms with van der Waals surface area (Å²) in [5.74, 6) is -0.142. The van der Waals surface area contributed by atoms with Crippen molar-refractivity contribution < 1.29 is 4.39 Å². The van der Waals surface area contributed by atoms with Crippen molar-refractivity contribution in [2.45, 2.75) is 57.2 Å². The van der Waals surface area contributed by atoms with Gasteiger partial charge in [0.15, 0.2) is 0 Å². The zero-order valence-electron chi connectivity index (χ0n) is 12.7. The Morgan fingerprint density at radius 1 is 1.33 bits per heavy atom. The summed E-state index contributed by atoms with van der Waals surface area (Å²) in [4.78, 5) is 2.50. The smallest absolute Gasteiger partial charge is 0.127 e. The van der Waals surface area contributed by atoms with Gasteiger partial charge in [0.1, 0.15) is 5.82 Å². The standard InChI is InChI=1S/C17H24ClFN2/c1-13-10-21(11-14-9-15(18)5-6-16(14)19)17(12-20-13)7-3-2-4-8-17/h5-6,9,13,20H,2-4,7-8,10-12H2,1H3. The molecule has 1 aliphatic heterocycles. The molecule has 2 nitrogen and oxygen atoms in total. The van der Waals surface area contributed by atoms with Gasteiger partial charge in [-0.1, -0.05) is 30.9 Å². The Bertz CT molecular complexity index is 500. The third kappa shape index (κ3) is 3.25. The second kappa shape index (κ2) is 6.23. The lowest BCUT2D eigenvalue weighted by Gasteiger charge is -2.51. The third-order valence-corrected chi connectivity index (χ3v) is 5.33. The highest BCUT2D eigenvalue weighted by Gasteiger charge is 2.41. The molecular weight excluding hydrogens is 287 g/mol. The first kappa shape index (κ1) is 15.3. The third-order valence-electron chi connectivity index (χ3n) is 5.10. The molecule has 1 saturated heterocycles. The summed E-state index contributed by atoms with van der Waals surface area (Å²) < 4.78 is 14.1. The largest absolute Gasteiger partial charge is 0.311 e. The van der Waals surface area contributed by atoms with Gasteiger partial charge in [-0.15, -0.1) is 0 Å². The fourth-order valence-electron chi connectivity index (χ4n) is 3.87. The van der Waals surface area contributed by atoms with Gasteiger partial charge in [-0.25, -0.2) is 4.39 Å². The maximum atomic E-state index is 14.1. The van der Waals surface area contributed by atoms with Crippen LogP contribution in [0.4, 0.5) is 4.39 Å². The molecule has 1 unspecified atom stereocenters. The van der Waals surface area contributed by atoms with Crippen molar-refractivity contribution in [3.63, 3.8) is 0 Å². The highest BCUT2D eigenvalue weighted by atomic mass is 35.5. The molecule has 2 aliphatic rings. The summed E-state index contributed by atoms with van der Waals surface area (Å²) in [5.41, 5.74) is 0.932. The van der Waals surface area contributed by atoms with E-state index in [1.54, 1.807) is 12.1 Å². The molecule has 1 saturated carbocycles. The molecule has 0 radical (unpaired) electrons. The predicted molar refractivity (Wildman–Crippen MR) is 85.1 cm³/mol. The topological polar surface area (TPSA) is 15.3 Å². The summed E-state index contributed by atoms with van der Waals surface area (Å²) in [5, 5.41) is 4.24. The van der Waals surface area contributed by atoms with Gasteiger partial charge in [0.2, 0.25) is 0 Å². The molecule has 116 valence electrons. The Morgan fingerprint density at radius 3 is 2.86 bits per heavy atom. The van der Waals surface area contributed by atoms with E-state index >= 15 is 0 Å². The van der Waals surface area contributed by atoms with E-state index in [0.29, 0.717) is 17.6 Å². The van der Waals surface area contributed by atoms with Gasteiger partial charge in [-0.3, -0.25) is 4.90 Å². The molecular formula is C17H24ClFN2. The number of piperazine rings is 1. The van der Waals surface area contributed by atoms with E-state index in [0.717, 1.165) is 18.7 Å². The quantitative estimate of drug-likeness (QED) is 0.889. The Kier molecular flexibility index (Phi) is 4.53. The average Bonchev–Trinajstić information content (AvgIpc) is 2.48. The van der Waals surface area contributed by atoms with Crippen molar-refractivity contribution in [2.75, 3.05) is 13.1 Å². The number of hydrogen-bond acceptors (Lipinski definition) is 2. The number of halogens is 2. The second-order valence-corrected chi connectivity index (χ2v) is 7.12. The zero-order chi connectivity index (χ0) is 14.9. The number of benzene rings is 1. The highest BCUT2D eigenvalue weighted by Crippen LogP contribution is 2.36. The zero-order valence-corrected chi connectivity index (χ0v) is 13.4. The van der Waals surface area contributed by atoms with E-state index in [9.17, 15) is 4.39 Å². The van der Waals surface area contributed by atoms with Gasteiger partial charge in [0.25, 0.3) is 0 Å². The number of hydrogen-bond donors (Lipinski definition) is 1. The fraction of sp³-hybridized carbons (Fsp3) is 0.647. The maximum absolute atomic E-state index is 14.1. The van der Waals surface area contributed by atoms with E-state index in [4.69, 9.17) is 11.6 Å². The van der Waals surface area contributed by atoms with Gasteiger partial charge in [0.05, 0.1) is 0 Å². The van der Waals surface area contributed by atoms with Crippen LogP contribution in [0.1, 0.15) is 44.6 Å². The van der Waals surface area contributed by atoms with Crippen molar-refractivity contribution in [3.8, 4) is 0 Å². The van der Waals surface area contributed by atoms with E-state index in [2.05, 4.69) is 17.1 Å². The van der Waals surface area contributed by atoms with E-state index in [1.165, 1.54) is 38.2 Å². The van der Waals surface area contributed by atoms with Gasteiger partial charge in [-0.05, 0) is 38.0 Å². The van der Waals surface area contributed by atoms with Crippen LogP contribution in [0, 0.1) is 5.82 Å². The lowest BCUT2D eigenvalue weighted by Crippen LogP contribution is -2.64. The maximum Gasteiger partial charge on any atom is 0.127 e. The number of rotatable bonds is 2. The number of nitrogens with zero attached hydrogens (tertiary/aromatic N) is 1. The molecule has 2 fully saturated rings.